The minimum absolute atomic E-state index is 0.00256. The standard InChI is InChI=1S/C16H19ClFN3/c1-4-13(14-7-6-12(18)10-19-14)20-15-9-11(17)5-8-16(15)21(2)3/h5-10,13,20H,4H2,1-3H3. The molecule has 1 N–H and O–H groups in total. The van der Waals surface area contributed by atoms with Crippen LogP contribution in [0, 0.1) is 5.82 Å². The van der Waals surface area contributed by atoms with Gasteiger partial charge < -0.3 is 10.2 Å². The number of hydrogen-bond acceptors (Lipinski definition) is 3. The number of rotatable bonds is 5. The van der Waals surface area contributed by atoms with E-state index in [2.05, 4.69) is 17.2 Å². The van der Waals surface area contributed by atoms with Crippen molar-refractivity contribution in [3.05, 3.63) is 53.1 Å². The molecule has 0 amide bonds. The van der Waals surface area contributed by atoms with Crippen molar-refractivity contribution in [2.75, 3.05) is 24.3 Å². The fourth-order valence-corrected chi connectivity index (χ4v) is 2.35. The smallest absolute Gasteiger partial charge is 0.141 e. The first-order valence-electron chi connectivity index (χ1n) is 6.86. The zero-order chi connectivity index (χ0) is 15.4. The number of nitrogens with zero attached hydrogens (tertiary/aromatic N) is 2. The molecular weight excluding hydrogens is 289 g/mol. The zero-order valence-electron chi connectivity index (χ0n) is 12.4. The van der Waals surface area contributed by atoms with Crippen LogP contribution >= 0.6 is 11.6 Å². The van der Waals surface area contributed by atoms with Crippen LogP contribution in [0.25, 0.3) is 0 Å². The number of anilines is 2. The Morgan fingerprint density at radius 2 is 2.05 bits per heavy atom. The Bertz CT molecular complexity index is 599. The molecule has 0 fully saturated rings. The first kappa shape index (κ1) is 15.6. The summed E-state index contributed by atoms with van der Waals surface area (Å²) in [7, 11) is 3.96. The number of hydrogen-bond donors (Lipinski definition) is 1. The van der Waals surface area contributed by atoms with E-state index >= 15 is 0 Å². The van der Waals surface area contributed by atoms with E-state index in [1.54, 1.807) is 6.07 Å². The first-order chi connectivity index (χ1) is 10.0. The third-order valence-electron chi connectivity index (χ3n) is 3.29. The van der Waals surface area contributed by atoms with Crippen molar-refractivity contribution < 1.29 is 4.39 Å². The van der Waals surface area contributed by atoms with E-state index in [0.29, 0.717) is 5.02 Å². The minimum atomic E-state index is -0.328. The Morgan fingerprint density at radius 3 is 2.62 bits per heavy atom. The van der Waals surface area contributed by atoms with Crippen molar-refractivity contribution in [2.24, 2.45) is 0 Å². The number of aromatic nitrogens is 1. The molecule has 1 aromatic carbocycles. The molecule has 2 rings (SSSR count). The van der Waals surface area contributed by atoms with Crippen LogP contribution in [0.4, 0.5) is 15.8 Å². The van der Waals surface area contributed by atoms with Crippen molar-refractivity contribution in [3.63, 3.8) is 0 Å². The third-order valence-corrected chi connectivity index (χ3v) is 3.52. The van der Waals surface area contributed by atoms with Gasteiger partial charge in [-0.05, 0) is 36.8 Å². The van der Waals surface area contributed by atoms with Crippen molar-refractivity contribution in [1.29, 1.82) is 0 Å². The average molecular weight is 308 g/mol. The van der Waals surface area contributed by atoms with Crippen molar-refractivity contribution in [1.82, 2.24) is 4.98 Å². The molecule has 2 aromatic rings. The number of pyridine rings is 1. The summed E-state index contributed by atoms with van der Waals surface area (Å²) in [6.07, 6.45) is 2.07. The SMILES string of the molecule is CCC(Nc1cc(Cl)ccc1N(C)C)c1ccc(F)cn1. The molecule has 0 bridgehead atoms. The normalized spacial score (nSPS) is 12.0. The largest absolute Gasteiger partial charge is 0.376 e. The highest BCUT2D eigenvalue weighted by Gasteiger charge is 2.14. The van der Waals surface area contributed by atoms with E-state index in [1.165, 1.54) is 12.3 Å². The Morgan fingerprint density at radius 1 is 1.29 bits per heavy atom. The predicted molar refractivity (Wildman–Crippen MR) is 86.6 cm³/mol. The molecule has 0 spiro atoms. The highest BCUT2D eigenvalue weighted by molar-refractivity contribution is 6.31. The maximum atomic E-state index is 13.0. The van der Waals surface area contributed by atoms with Crippen LogP contribution in [0.15, 0.2) is 36.5 Å². The van der Waals surface area contributed by atoms with Gasteiger partial charge in [0.1, 0.15) is 5.82 Å². The topological polar surface area (TPSA) is 28.2 Å². The summed E-state index contributed by atoms with van der Waals surface area (Å²) >= 11 is 6.09. The van der Waals surface area contributed by atoms with Crippen LogP contribution in [0.3, 0.4) is 0 Å². The van der Waals surface area contributed by atoms with Gasteiger partial charge in [0.25, 0.3) is 0 Å². The van der Waals surface area contributed by atoms with Gasteiger partial charge in [0.15, 0.2) is 0 Å². The lowest BCUT2D eigenvalue weighted by Gasteiger charge is -2.23. The molecule has 1 aromatic heterocycles. The first-order valence-corrected chi connectivity index (χ1v) is 7.24. The van der Waals surface area contributed by atoms with E-state index < -0.39 is 0 Å². The maximum absolute atomic E-state index is 13.0. The average Bonchev–Trinajstić information content (AvgIpc) is 2.45. The lowest BCUT2D eigenvalue weighted by Crippen LogP contribution is -2.16. The Balaban J connectivity index is 2.30. The summed E-state index contributed by atoms with van der Waals surface area (Å²) in [6.45, 7) is 2.06. The second-order valence-corrected chi connectivity index (χ2v) is 5.50. The Hall–Kier alpha value is -1.81. The molecule has 3 nitrogen and oxygen atoms in total. The quantitative estimate of drug-likeness (QED) is 0.881. The molecule has 0 aliphatic rings. The van der Waals surface area contributed by atoms with Crippen molar-refractivity contribution in [3.8, 4) is 0 Å². The molecule has 1 unspecified atom stereocenters. The monoisotopic (exact) mass is 307 g/mol. The van der Waals surface area contributed by atoms with Crippen molar-refractivity contribution >= 4 is 23.0 Å². The third kappa shape index (κ3) is 3.85. The zero-order valence-corrected chi connectivity index (χ0v) is 13.2. The molecule has 1 atom stereocenters. The molecular formula is C16H19ClFN3. The molecule has 0 saturated carbocycles. The molecule has 0 aliphatic carbocycles. The molecule has 0 radical (unpaired) electrons. The van der Waals surface area contributed by atoms with Gasteiger partial charge in [-0.2, -0.15) is 0 Å². The molecule has 112 valence electrons. The fourth-order valence-electron chi connectivity index (χ4n) is 2.18. The summed E-state index contributed by atoms with van der Waals surface area (Å²) < 4.78 is 13.0. The van der Waals surface area contributed by atoms with Gasteiger partial charge in [-0.3, -0.25) is 4.98 Å². The predicted octanol–water partition coefficient (Wildman–Crippen LogP) is 4.50. The summed E-state index contributed by atoms with van der Waals surface area (Å²) in [6, 6.07) is 8.86. The number of halogens is 2. The van der Waals surface area contributed by atoms with Gasteiger partial charge in [-0.1, -0.05) is 18.5 Å². The summed E-state index contributed by atoms with van der Waals surface area (Å²) in [5.74, 6) is -0.328. The van der Waals surface area contributed by atoms with Gasteiger partial charge >= 0.3 is 0 Å². The highest BCUT2D eigenvalue weighted by Crippen LogP contribution is 2.31. The van der Waals surface area contributed by atoms with Gasteiger partial charge in [-0.15, -0.1) is 0 Å². The van der Waals surface area contributed by atoms with Crippen LogP contribution in [0.5, 0.6) is 0 Å². The summed E-state index contributed by atoms with van der Waals surface area (Å²) in [5.41, 5.74) is 2.79. The van der Waals surface area contributed by atoms with E-state index in [4.69, 9.17) is 11.6 Å². The van der Waals surface area contributed by atoms with Gasteiger partial charge in [-0.25, -0.2) is 4.39 Å². The maximum Gasteiger partial charge on any atom is 0.141 e. The van der Waals surface area contributed by atoms with Gasteiger partial charge in [0.2, 0.25) is 0 Å². The van der Waals surface area contributed by atoms with Crippen LogP contribution in [0.1, 0.15) is 25.1 Å². The molecule has 5 heteroatoms. The lowest BCUT2D eigenvalue weighted by molar-refractivity contribution is 0.614. The molecule has 21 heavy (non-hydrogen) atoms. The number of benzene rings is 1. The number of nitrogens with one attached hydrogen (secondary N) is 1. The van der Waals surface area contributed by atoms with E-state index in [-0.39, 0.29) is 11.9 Å². The molecule has 0 saturated heterocycles. The minimum Gasteiger partial charge on any atom is -0.376 e. The summed E-state index contributed by atoms with van der Waals surface area (Å²) in [4.78, 5) is 6.18. The van der Waals surface area contributed by atoms with Crippen LogP contribution in [-0.4, -0.2) is 19.1 Å². The highest BCUT2D eigenvalue weighted by atomic mass is 35.5. The molecule has 0 aliphatic heterocycles. The van der Waals surface area contributed by atoms with Crippen LogP contribution in [0.2, 0.25) is 5.02 Å². The van der Waals surface area contributed by atoms with E-state index in [9.17, 15) is 4.39 Å². The van der Waals surface area contributed by atoms with Gasteiger partial charge in [0.05, 0.1) is 29.3 Å². The second-order valence-electron chi connectivity index (χ2n) is 5.06. The fraction of sp³-hybridized carbons (Fsp3) is 0.312. The van der Waals surface area contributed by atoms with E-state index in [0.717, 1.165) is 23.5 Å². The summed E-state index contributed by atoms with van der Waals surface area (Å²) in [5, 5.41) is 4.12. The Labute approximate surface area is 129 Å². The van der Waals surface area contributed by atoms with Gasteiger partial charge in [0, 0.05) is 19.1 Å². The van der Waals surface area contributed by atoms with Crippen LogP contribution < -0.4 is 10.2 Å². The van der Waals surface area contributed by atoms with Crippen LogP contribution in [-0.2, 0) is 0 Å². The van der Waals surface area contributed by atoms with Crippen molar-refractivity contribution in [2.45, 2.75) is 19.4 Å². The second kappa shape index (κ2) is 6.76. The van der Waals surface area contributed by atoms with E-state index in [1.807, 2.05) is 37.2 Å². The molecule has 1 heterocycles. The Kier molecular flexibility index (Phi) is 5.02. The lowest BCUT2D eigenvalue weighted by atomic mass is 10.1.